The number of aliphatic hydroxyl groups excluding tert-OH is 1. The smallest absolute Gasteiger partial charge is 0.424 e. The van der Waals surface area contributed by atoms with Gasteiger partial charge in [0.2, 0.25) is 0 Å². The first-order valence-corrected chi connectivity index (χ1v) is 15.1. The Balaban J connectivity index is 0.000000495. The van der Waals surface area contributed by atoms with E-state index in [0.29, 0.717) is 4.90 Å². The van der Waals surface area contributed by atoms with E-state index in [2.05, 4.69) is 11.9 Å². The quantitative estimate of drug-likeness (QED) is 0.181. The topological polar surface area (TPSA) is 167 Å². The van der Waals surface area contributed by atoms with Crippen molar-refractivity contribution < 1.29 is 52.8 Å². The highest BCUT2D eigenvalue weighted by Gasteiger charge is 2.36. The molecule has 2 rings (SSSR count). The zero-order valence-electron chi connectivity index (χ0n) is 29.2. The minimum Gasteiger partial charge on any atom is -0.459 e. The number of amides is 3. The summed E-state index contributed by atoms with van der Waals surface area (Å²) in [6.45, 7) is 17.9. The molecule has 0 radical (unpaired) electrons. The van der Waals surface area contributed by atoms with Crippen molar-refractivity contribution in [3.8, 4) is 0 Å². The van der Waals surface area contributed by atoms with Crippen molar-refractivity contribution in [3.63, 3.8) is 0 Å². The number of ether oxygens (including phenoxy) is 5. The van der Waals surface area contributed by atoms with Gasteiger partial charge in [0.25, 0.3) is 0 Å². The number of imide groups is 1. The molecule has 1 atom stereocenters. The highest BCUT2D eigenvalue weighted by atomic mass is 16.6. The van der Waals surface area contributed by atoms with Gasteiger partial charge in [-0.3, -0.25) is 0 Å². The van der Waals surface area contributed by atoms with Crippen LogP contribution in [0.25, 0.3) is 0 Å². The summed E-state index contributed by atoms with van der Waals surface area (Å²) in [7, 11) is 0. The Bertz CT molecular complexity index is 1350. The van der Waals surface area contributed by atoms with E-state index in [1.807, 2.05) is 36.4 Å². The third-order valence-corrected chi connectivity index (χ3v) is 5.25. The van der Waals surface area contributed by atoms with Crippen molar-refractivity contribution >= 4 is 30.2 Å². The lowest BCUT2D eigenvalue weighted by Crippen LogP contribution is -2.46. The van der Waals surface area contributed by atoms with E-state index in [0.717, 1.165) is 11.1 Å². The maximum absolute atomic E-state index is 12.4. The summed E-state index contributed by atoms with van der Waals surface area (Å²) in [6, 6.07) is 16.9. The van der Waals surface area contributed by atoms with Crippen LogP contribution in [0.4, 0.5) is 14.4 Å². The van der Waals surface area contributed by atoms with E-state index in [-0.39, 0.29) is 13.2 Å². The van der Waals surface area contributed by atoms with Crippen LogP contribution in [-0.2, 0) is 46.5 Å². The Morgan fingerprint density at radius 1 is 0.688 bits per heavy atom. The lowest BCUT2D eigenvalue weighted by atomic mass is 10.2. The van der Waals surface area contributed by atoms with Gasteiger partial charge in [-0.25, -0.2) is 24.0 Å². The van der Waals surface area contributed by atoms with Crippen LogP contribution in [0.3, 0.4) is 0 Å². The van der Waals surface area contributed by atoms with Crippen LogP contribution in [0.2, 0.25) is 0 Å². The molecule has 0 saturated heterocycles. The van der Waals surface area contributed by atoms with Crippen molar-refractivity contribution in [2.24, 2.45) is 0 Å². The lowest BCUT2D eigenvalue weighted by Gasteiger charge is -2.28. The monoisotopic (exact) mass is 672 g/mol. The summed E-state index contributed by atoms with van der Waals surface area (Å²) in [5.74, 6) is -1.65. The molecule has 0 aliphatic carbocycles. The molecule has 13 heteroatoms. The Morgan fingerprint density at radius 3 is 1.46 bits per heavy atom. The summed E-state index contributed by atoms with van der Waals surface area (Å²) in [5, 5.41) is 11.4. The number of nitrogens with zero attached hydrogens (tertiary/aromatic N) is 1. The molecule has 2 N–H and O–H groups in total. The number of esters is 2. The fraction of sp³-hybridized carbons (Fsp3) is 0.457. The van der Waals surface area contributed by atoms with E-state index in [4.69, 9.17) is 28.8 Å². The summed E-state index contributed by atoms with van der Waals surface area (Å²) < 4.78 is 25.6. The molecule has 48 heavy (non-hydrogen) atoms. The number of alkyl carbamates (subject to hydrolysis) is 1. The maximum atomic E-state index is 12.4. The average Bonchev–Trinajstić information content (AvgIpc) is 2.96. The molecule has 0 aromatic heterocycles. The molecule has 0 unspecified atom stereocenters. The van der Waals surface area contributed by atoms with E-state index in [1.54, 1.807) is 86.6 Å². The highest BCUT2D eigenvalue weighted by Crippen LogP contribution is 2.19. The Labute approximate surface area is 282 Å². The van der Waals surface area contributed by atoms with Gasteiger partial charge in [0.05, 0.1) is 6.61 Å². The van der Waals surface area contributed by atoms with Gasteiger partial charge in [0.1, 0.15) is 35.7 Å². The predicted molar refractivity (Wildman–Crippen MR) is 176 cm³/mol. The van der Waals surface area contributed by atoms with Gasteiger partial charge >= 0.3 is 30.2 Å². The number of hydrogen-bond acceptors (Lipinski definition) is 11. The zero-order valence-corrected chi connectivity index (χ0v) is 29.2. The van der Waals surface area contributed by atoms with Crippen molar-refractivity contribution in [2.45, 2.75) is 98.4 Å². The van der Waals surface area contributed by atoms with Crippen LogP contribution in [0.1, 0.15) is 73.4 Å². The fourth-order valence-corrected chi connectivity index (χ4v) is 3.27. The lowest BCUT2D eigenvalue weighted by molar-refractivity contribution is -0.148. The van der Waals surface area contributed by atoms with Crippen LogP contribution in [0.15, 0.2) is 72.9 Å². The number of rotatable bonds is 9. The van der Waals surface area contributed by atoms with Crippen molar-refractivity contribution in [1.29, 1.82) is 0 Å². The van der Waals surface area contributed by atoms with Gasteiger partial charge in [-0.1, -0.05) is 67.2 Å². The van der Waals surface area contributed by atoms with E-state index in [9.17, 15) is 24.0 Å². The molecule has 0 fully saturated rings. The van der Waals surface area contributed by atoms with Crippen LogP contribution >= 0.6 is 0 Å². The van der Waals surface area contributed by atoms with Gasteiger partial charge in [-0.05, 0) is 73.4 Å². The third kappa shape index (κ3) is 17.1. The van der Waals surface area contributed by atoms with Crippen LogP contribution in [0, 0.1) is 0 Å². The molecular weight excluding hydrogens is 624 g/mol. The number of carbonyl (C=O) groups is 5. The van der Waals surface area contributed by atoms with Gasteiger partial charge < -0.3 is 34.1 Å². The summed E-state index contributed by atoms with van der Waals surface area (Å²) in [5.41, 5.74) is -1.37. The van der Waals surface area contributed by atoms with Gasteiger partial charge in [-0.15, -0.1) is 0 Å². The number of benzene rings is 2. The Morgan fingerprint density at radius 2 is 1.08 bits per heavy atom. The Kier molecular flexibility index (Phi) is 15.8. The van der Waals surface area contributed by atoms with Gasteiger partial charge in [0, 0.05) is 0 Å². The second-order valence-electron chi connectivity index (χ2n) is 13.3. The van der Waals surface area contributed by atoms with Gasteiger partial charge in [0.15, 0.2) is 6.04 Å². The first-order valence-electron chi connectivity index (χ1n) is 15.1. The first-order chi connectivity index (χ1) is 22.1. The molecule has 13 nitrogen and oxygen atoms in total. The zero-order chi connectivity index (χ0) is 36.7. The molecule has 3 amide bonds. The van der Waals surface area contributed by atoms with Crippen molar-refractivity contribution in [2.75, 3.05) is 6.61 Å². The van der Waals surface area contributed by atoms with E-state index < -0.39 is 65.4 Å². The molecule has 0 bridgehead atoms. The third-order valence-electron chi connectivity index (χ3n) is 5.25. The number of nitrogens with one attached hydrogen (secondary N) is 1. The molecule has 0 spiro atoms. The average molecular weight is 673 g/mol. The van der Waals surface area contributed by atoms with E-state index >= 15 is 0 Å². The maximum Gasteiger partial charge on any atom is 0.424 e. The largest absolute Gasteiger partial charge is 0.459 e. The molecule has 0 aliphatic rings. The van der Waals surface area contributed by atoms with Gasteiger partial charge in [-0.2, -0.15) is 4.90 Å². The highest BCUT2D eigenvalue weighted by molar-refractivity contribution is 6.00. The molecular formula is C35H48N2O11. The summed E-state index contributed by atoms with van der Waals surface area (Å²) in [4.78, 5) is 61.0. The summed E-state index contributed by atoms with van der Waals surface area (Å²) >= 11 is 0. The first kappa shape index (κ1) is 41.1. The molecule has 2 aromatic rings. The molecule has 2 aromatic carbocycles. The minimum absolute atomic E-state index is 0.0326. The minimum atomic E-state index is -1.15. The second kappa shape index (κ2) is 18.4. The molecule has 0 aliphatic heterocycles. The van der Waals surface area contributed by atoms with Crippen LogP contribution in [-0.4, -0.2) is 69.7 Å². The van der Waals surface area contributed by atoms with Crippen LogP contribution in [0.5, 0.6) is 0 Å². The second-order valence-corrected chi connectivity index (χ2v) is 13.3. The number of carbonyl (C=O) groups excluding carboxylic acids is 5. The SMILES string of the molecule is C=C(C(=O)OCc1ccccc1)N(C(=O)OC(C)(C)C)C(=O)OC(C)(C)C.CC(C)(C)OC(=O)N[C@@H](CO)C(=O)OCc1ccccc1. The normalized spacial score (nSPS) is 11.8. The number of aliphatic hydroxyl groups is 1. The molecule has 0 saturated carbocycles. The van der Waals surface area contributed by atoms with Crippen molar-refractivity contribution in [3.05, 3.63) is 84.1 Å². The van der Waals surface area contributed by atoms with Crippen LogP contribution < -0.4 is 5.32 Å². The standard InChI is InChI=1S/C20H27NO6.C15H21NO5/c1-14(16(22)25-13-15-11-9-8-10-12-15)21(17(23)26-19(2,3)4)18(24)27-20(5,6)7;1-15(2,3)21-14(19)16-12(9-17)13(18)20-10-11-7-5-4-6-8-11/h8-12H,1,13H2,2-7H3;4-8,12,17H,9-10H2,1-3H3,(H,16,19)/t;12-/m.0/s1. The van der Waals surface area contributed by atoms with E-state index in [1.165, 1.54) is 0 Å². The number of hydrogen-bond donors (Lipinski definition) is 2. The molecule has 264 valence electrons. The predicted octanol–water partition coefficient (Wildman–Crippen LogP) is 6.03. The Hall–Kier alpha value is -4.91. The molecule has 0 heterocycles. The fourth-order valence-electron chi connectivity index (χ4n) is 3.27. The van der Waals surface area contributed by atoms with Crippen molar-refractivity contribution in [1.82, 2.24) is 10.2 Å². The summed E-state index contributed by atoms with van der Waals surface area (Å²) in [6.07, 6.45) is -2.92.